The van der Waals surface area contributed by atoms with Crippen LogP contribution in [-0.4, -0.2) is 27.5 Å². The third-order valence-electron chi connectivity index (χ3n) is 5.78. The number of rotatable bonds is 7. The van der Waals surface area contributed by atoms with Crippen molar-refractivity contribution in [1.82, 2.24) is 15.0 Å². The molecule has 5 rings (SSSR count). The average molecular weight is 497 g/mol. The Bertz CT molecular complexity index is 1450. The predicted molar refractivity (Wildman–Crippen MR) is 141 cm³/mol. The molecule has 4 aromatic rings. The number of aromatic nitrogens is 3. The monoisotopic (exact) mass is 496 g/mol. The highest BCUT2D eigenvalue weighted by Crippen LogP contribution is 2.42. The second-order valence-electron chi connectivity index (χ2n) is 8.10. The molecule has 1 atom stereocenters. The number of H-pyrrole nitrogens is 1. The van der Waals surface area contributed by atoms with Gasteiger partial charge in [-0.15, -0.1) is 0 Å². The number of esters is 1. The molecule has 2 aromatic carbocycles. The molecule has 1 aliphatic heterocycles. The topological polar surface area (TPSA) is 97.0 Å². The Morgan fingerprint density at radius 3 is 2.42 bits per heavy atom. The van der Waals surface area contributed by atoms with E-state index in [1.165, 1.54) is 11.8 Å². The lowest BCUT2D eigenvalue weighted by molar-refractivity contribution is -0.138. The van der Waals surface area contributed by atoms with Gasteiger partial charge >= 0.3 is 5.97 Å². The summed E-state index contributed by atoms with van der Waals surface area (Å²) in [5, 5.41) is 3.78. The van der Waals surface area contributed by atoms with E-state index in [4.69, 9.17) is 9.72 Å². The molecule has 0 fully saturated rings. The van der Waals surface area contributed by atoms with E-state index in [9.17, 15) is 9.59 Å². The fourth-order valence-electron chi connectivity index (χ4n) is 4.20. The molecule has 0 amide bonds. The van der Waals surface area contributed by atoms with Crippen molar-refractivity contribution in [2.45, 2.75) is 23.8 Å². The predicted octanol–water partition coefficient (Wildman–Crippen LogP) is 4.99. The first-order valence-electron chi connectivity index (χ1n) is 11.6. The zero-order chi connectivity index (χ0) is 24.9. The van der Waals surface area contributed by atoms with E-state index in [2.05, 4.69) is 15.3 Å². The smallest absolute Gasteiger partial charge is 0.337 e. The molecule has 0 saturated heterocycles. The second kappa shape index (κ2) is 10.6. The first kappa shape index (κ1) is 23.6. The van der Waals surface area contributed by atoms with E-state index in [1.54, 1.807) is 25.3 Å². The molecule has 7 nitrogen and oxygen atoms in total. The van der Waals surface area contributed by atoms with E-state index < -0.39 is 11.9 Å². The summed E-state index contributed by atoms with van der Waals surface area (Å²) in [4.78, 5) is 39.0. The van der Waals surface area contributed by atoms with E-state index in [-0.39, 0.29) is 12.2 Å². The van der Waals surface area contributed by atoms with Crippen molar-refractivity contribution >= 4 is 29.2 Å². The summed E-state index contributed by atoms with van der Waals surface area (Å²) in [7, 11) is 0. The van der Waals surface area contributed by atoms with Crippen molar-refractivity contribution in [3.8, 4) is 0 Å². The van der Waals surface area contributed by atoms with E-state index in [0.29, 0.717) is 39.3 Å². The highest BCUT2D eigenvalue weighted by Gasteiger charge is 2.38. The third-order valence-corrected chi connectivity index (χ3v) is 6.73. The summed E-state index contributed by atoms with van der Waals surface area (Å²) in [5.74, 6) is -0.202. The van der Waals surface area contributed by atoms with Crippen molar-refractivity contribution in [2.75, 3.05) is 11.9 Å². The molecule has 0 radical (unpaired) electrons. The van der Waals surface area contributed by atoms with Crippen LogP contribution in [-0.2, 0) is 15.3 Å². The molecule has 2 aromatic heterocycles. The highest BCUT2D eigenvalue weighted by molar-refractivity contribution is 7.98. The van der Waals surface area contributed by atoms with Gasteiger partial charge in [0.1, 0.15) is 5.82 Å². The van der Waals surface area contributed by atoms with E-state index >= 15 is 0 Å². The Kier molecular flexibility index (Phi) is 6.95. The molecule has 36 heavy (non-hydrogen) atoms. The maximum absolute atomic E-state index is 13.5. The Morgan fingerprint density at radius 1 is 1.00 bits per heavy atom. The molecular weight excluding hydrogens is 472 g/mol. The molecule has 180 valence electrons. The molecule has 0 saturated carbocycles. The number of benzene rings is 2. The van der Waals surface area contributed by atoms with Crippen molar-refractivity contribution < 1.29 is 9.53 Å². The van der Waals surface area contributed by atoms with Gasteiger partial charge in [0.05, 0.1) is 35.1 Å². The minimum atomic E-state index is -0.749. The maximum atomic E-state index is 13.5. The van der Waals surface area contributed by atoms with Gasteiger partial charge in [-0.1, -0.05) is 78.5 Å². The number of carbonyl (C=O) groups excluding carboxylic acids is 1. The first-order valence-corrected chi connectivity index (χ1v) is 12.6. The van der Waals surface area contributed by atoms with Crippen LogP contribution >= 0.6 is 11.8 Å². The van der Waals surface area contributed by atoms with Gasteiger partial charge in [-0.05, 0) is 30.2 Å². The largest absolute Gasteiger partial charge is 0.463 e. The zero-order valence-corrected chi connectivity index (χ0v) is 20.4. The molecule has 0 aliphatic carbocycles. The van der Waals surface area contributed by atoms with Crippen LogP contribution in [0.3, 0.4) is 0 Å². The summed E-state index contributed by atoms with van der Waals surface area (Å²) >= 11 is 1.44. The van der Waals surface area contributed by atoms with Crippen molar-refractivity contribution in [1.29, 1.82) is 0 Å². The lowest BCUT2D eigenvalue weighted by atomic mass is 9.83. The Morgan fingerprint density at radius 2 is 1.72 bits per heavy atom. The Labute approximate surface area is 212 Å². The first-order chi connectivity index (χ1) is 17.7. The molecule has 1 aliphatic rings. The fourth-order valence-corrected chi connectivity index (χ4v) is 5.01. The highest BCUT2D eigenvalue weighted by atomic mass is 32.2. The maximum Gasteiger partial charge on any atom is 0.337 e. The van der Waals surface area contributed by atoms with Crippen LogP contribution < -0.4 is 10.9 Å². The number of anilines is 1. The van der Waals surface area contributed by atoms with Crippen LogP contribution in [0.4, 0.5) is 5.82 Å². The number of thioether (sulfide) groups is 1. The van der Waals surface area contributed by atoms with E-state index in [1.807, 2.05) is 66.7 Å². The molecule has 0 bridgehead atoms. The quantitative estimate of drug-likeness (QED) is 0.211. The Balaban J connectivity index is 1.66. The SMILES string of the molecule is CCOC(=O)C1=C(c2ccccc2)Nc2nc(SCc3ccccc3)[nH]c(=O)c2C1c1ccccn1. The third kappa shape index (κ3) is 4.81. The van der Waals surface area contributed by atoms with Crippen molar-refractivity contribution in [2.24, 2.45) is 0 Å². The van der Waals surface area contributed by atoms with Gasteiger partial charge in [0.2, 0.25) is 0 Å². The van der Waals surface area contributed by atoms with Crippen molar-refractivity contribution in [3.63, 3.8) is 0 Å². The Hall–Kier alpha value is -4.17. The summed E-state index contributed by atoms with van der Waals surface area (Å²) in [5.41, 5.74) is 3.35. The summed E-state index contributed by atoms with van der Waals surface area (Å²) < 4.78 is 5.45. The van der Waals surface area contributed by atoms with Crippen LogP contribution in [0.5, 0.6) is 0 Å². The van der Waals surface area contributed by atoms with Gasteiger partial charge in [0, 0.05) is 11.9 Å². The number of ether oxygens (including phenoxy) is 1. The summed E-state index contributed by atoms with van der Waals surface area (Å²) in [6.45, 7) is 1.96. The minimum Gasteiger partial charge on any atom is -0.463 e. The molecule has 8 heteroatoms. The zero-order valence-electron chi connectivity index (χ0n) is 19.6. The van der Waals surface area contributed by atoms with Gasteiger partial charge in [0.15, 0.2) is 5.16 Å². The van der Waals surface area contributed by atoms with Crippen molar-refractivity contribution in [3.05, 3.63) is 123 Å². The number of hydrogen-bond acceptors (Lipinski definition) is 7. The van der Waals surface area contributed by atoms with Gasteiger partial charge in [-0.25, -0.2) is 9.78 Å². The fraction of sp³-hybridized carbons (Fsp3) is 0.143. The molecule has 0 spiro atoms. The lowest BCUT2D eigenvalue weighted by Gasteiger charge is -2.29. The number of nitrogens with zero attached hydrogens (tertiary/aromatic N) is 2. The van der Waals surface area contributed by atoms with Crippen LogP contribution in [0, 0.1) is 0 Å². The lowest BCUT2D eigenvalue weighted by Crippen LogP contribution is -2.31. The molecule has 1 unspecified atom stereocenters. The normalized spacial score (nSPS) is 14.6. The van der Waals surface area contributed by atoms with Crippen LogP contribution in [0.25, 0.3) is 5.70 Å². The van der Waals surface area contributed by atoms with Gasteiger partial charge in [-0.3, -0.25) is 9.78 Å². The summed E-state index contributed by atoms with van der Waals surface area (Å²) in [6, 6.07) is 24.9. The summed E-state index contributed by atoms with van der Waals surface area (Å²) in [6.07, 6.45) is 1.65. The van der Waals surface area contributed by atoms with Gasteiger partial charge in [-0.2, -0.15) is 0 Å². The van der Waals surface area contributed by atoms with Crippen LogP contribution in [0.15, 0.2) is 101 Å². The number of aromatic amines is 1. The number of fused-ring (bicyclic) bond motifs is 1. The second-order valence-corrected chi connectivity index (χ2v) is 9.06. The number of hydrogen-bond donors (Lipinski definition) is 2. The van der Waals surface area contributed by atoms with E-state index in [0.717, 1.165) is 11.1 Å². The van der Waals surface area contributed by atoms with Gasteiger partial charge < -0.3 is 15.0 Å². The minimum absolute atomic E-state index is 0.204. The molecule has 2 N–H and O–H groups in total. The number of pyridine rings is 1. The molecule has 3 heterocycles. The number of carbonyl (C=O) groups is 1. The van der Waals surface area contributed by atoms with Crippen LogP contribution in [0.1, 0.15) is 35.2 Å². The number of nitrogens with one attached hydrogen (secondary N) is 2. The van der Waals surface area contributed by atoms with Crippen LogP contribution in [0.2, 0.25) is 0 Å². The molecular formula is C28H24N4O3S. The van der Waals surface area contributed by atoms with Gasteiger partial charge in [0.25, 0.3) is 5.56 Å². The standard InChI is InChI=1S/C28H24N4O3S/c1-2-35-27(34)22-21(20-15-9-10-16-29-20)23-25(30-24(22)19-13-7-4-8-14-19)31-28(32-26(23)33)36-17-18-11-5-3-6-12-18/h3-16,21H,2,17H2,1H3,(H2,30,31,32,33). The average Bonchev–Trinajstić information content (AvgIpc) is 2.92.